The Morgan fingerprint density at radius 3 is 2.48 bits per heavy atom. The lowest BCUT2D eigenvalue weighted by atomic mass is 10.0. The SMILES string of the molecule is COc1cc(N)c(C(=O)CCc2c(Cl)cncc2Cl)cc1OC1CCCC1. The minimum absolute atomic E-state index is 0.102. The standard InChI is InChI=1S/C20H22Cl2N2O3/c1-26-19-9-17(23)14(8-20(19)27-12-4-2-3-5-12)18(25)7-6-13-15(21)10-24-11-16(13)22/h8-12H,2-7,23H2,1H3. The normalized spacial score (nSPS) is 14.3. The van der Waals surface area contributed by atoms with Crippen molar-refractivity contribution in [1.82, 2.24) is 4.98 Å². The number of nitrogen functional groups attached to an aromatic ring is 1. The molecule has 0 unspecified atom stereocenters. The molecular weight excluding hydrogens is 387 g/mol. The molecule has 0 bridgehead atoms. The number of aromatic nitrogens is 1. The average molecular weight is 409 g/mol. The van der Waals surface area contributed by atoms with Crippen molar-refractivity contribution in [3.05, 3.63) is 45.7 Å². The van der Waals surface area contributed by atoms with Crippen LogP contribution in [-0.4, -0.2) is 24.0 Å². The highest BCUT2D eigenvalue weighted by Gasteiger charge is 2.21. The molecule has 0 amide bonds. The molecule has 3 rings (SSSR count). The molecule has 5 nitrogen and oxygen atoms in total. The van der Waals surface area contributed by atoms with Crippen LogP contribution in [0.25, 0.3) is 0 Å². The molecule has 0 spiro atoms. The molecule has 0 radical (unpaired) electrons. The van der Waals surface area contributed by atoms with Crippen LogP contribution in [0.2, 0.25) is 10.0 Å². The van der Waals surface area contributed by atoms with E-state index >= 15 is 0 Å². The zero-order valence-corrected chi connectivity index (χ0v) is 16.6. The minimum Gasteiger partial charge on any atom is -0.493 e. The Bertz CT molecular complexity index is 816. The number of halogens is 2. The van der Waals surface area contributed by atoms with E-state index in [1.807, 2.05) is 0 Å². The molecule has 2 aromatic rings. The lowest BCUT2D eigenvalue weighted by Gasteiger charge is -2.18. The summed E-state index contributed by atoms with van der Waals surface area (Å²) in [6, 6.07) is 3.33. The van der Waals surface area contributed by atoms with Gasteiger partial charge in [-0.25, -0.2) is 0 Å². The van der Waals surface area contributed by atoms with Crippen molar-refractivity contribution < 1.29 is 14.3 Å². The summed E-state index contributed by atoms with van der Waals surface area (Å²) < 4.78 is 11.4. The number of ether oxygens (including phenoxy) is 2. The number of Topliss-reactive ketones (excluding diaryl/α,β-unsaturated/α-hetero) is 1. The summed E-state index contributed by atoms with van der Waals surface area (Å²) in [6.45, 7) is 0. The maximum Gasteiger partial charge on any atom is 0.165 e. The van der Waals surface area contributed by atoms with Gasteiger partial charge < -0.3 is 15.2 Å². The number of ketones is 1. The van der Waals surface area contributed by atoms with Crippen LogP contribution in [0.3, 0.4) is 0 Å². The van der Waals surface area contributed by atoms with Crippen molar-refractivity contribution >= 4 is 34.7 Å². The van der Waals surface area contributed by atoms with E-state index in [4.69, 9.17) is 38.4 Å². The first-order valence-electron chi connectivity index (χ1n) is 8.95. The van der Waals surface area contributed by atoms with Gasteiger partial charge in [0.1, 0.15) is 0 Å². The largest absolute Gasteiger partial charge is 0.493 e. The quantitative estimate of drug-likeness (QED) is 0.508. The van der Waals surface area contributed by atoms with Gasteiger partial charge in [-0.15, -0.1) is 0 Å². The van der Waals surface area contributed by atoms with Gasteiger partial charge in [-0.2, -0.15) is 0 Å². The van der Waals surface area contributed by atoms with Gasteiger partial charge in [0.25, 0.3) is 0 Å². The monoisotopic (exact) mass is 408 g/mol. The number of anilines is 1. The van der Waals surface area contributed by atoms with Crippen LogP contribution in [-0.2, 0) is 6.42 Å². The Kier molecular flexibility index (Phi) is 6.45. The molecule has 1 aromatic heterocycles. The predicted molar refractivity (Wildman–Crippen MR) is 107 cm³/mol. The summed E-state index contributed by atoms with van der Waals surface area (Å²) in [5, 5.41) is 0.895. The molecule has 144 valence electrons. The van der Waals surface area contributed by atoms with Crippen LogP contribution in [0.5, 0.6) is 11.5 Å². The summed E-state index contributed by atoms with van der Waals surface area (Å²) in [5.74, 6) is 0.994. The van der Waals surface area contributed by atoms with Crippen LogP contribution in [0.1, 0.15) is 48.0 Å². The average Bonchev–Trinajstić information content (AvgIpc) is 3.15. The molecule has 27 heavy (non-hydrogen) atoms. The summed E-state index contributed by atoms with van der Waals surface area (Å²) in [4.78, 5) is 16.7. The molecule has 2 N–H and O–H groups in total. The van der Waals surface area contributed by atoms with Gasteiger partial charge in [-0.3, -0.25) is 9.78 Å². The van der Waals surface area contributed by atoms with Gasteiger partial charge in [0.05, 0.1) is 23.3 Å². The highest BCUT2D eigenvalue weighted by molar-refractivity contribution is 6.35. The molecule has 0 atom stereocenters. The third-order valence-corrected chi connectivity index (χ3v) is 5.44. The topological polar surface area (TPSA) is 74.4 Å². The molecule has 1 aromatic carbocycles. The van der Waals surface area contributed by atoms with Gasteiger partial charge in [-0.1, -0.05) is 23.2 Å². The van der Waals surface area contributed by atoms with Crippen molar-refractivity contribution in [2.24, 2.45) is 0 Å². The fourth-order valence-electron chi connectivity index (χ4n) is 3.30. The van der Waals surface area contributed by atoms with Crippen molar-refractivity contribution in [2.45, 2.75) is 44.6 Å². The van der Waals surface area contributed by atoms with Gasteiger partial charge in [-0.05, 0) is 43.7 Å². The van der Waals surface area contributed by atoms with E-state index in [1.54, 1.807) is 19.2 Å². The van der Waals surface area contributed by atoms with Crippen LogP contribution in [0, 0.1) is 0 Å². The fourth-order valence-corrected chi connectivity index (χ4v) is 3.86. The molecule has 1 fully saturated rings. The van der Waals surface area contributed by atoms with Crippen molar-refractivity contribution in [3.8, 4) is 11.5 Å². The number of pyridine rings is 1. The summed E-state index contributed by atoms with van der Waals surface area (Å²) in [5.41, 5.74) is 7.57. The van der Waals surface area contributed by atoms with Gasteiger partial charge in [0, 0.05) is 36.1 Å². The third-order valence-electron chi connectivity index (χ3n) is 4.79. The lowest BCUT2D eigenvalue weighted by Crippen LogP contribution is -2.13. The number of methoxy groups -OCH3 is 1. The number of hydrogen-bond acceptors (Lipinski definition) is 5. The molecular formula is C20H22Cl2N2O3. The zero-order chi connectivity index (χ0) is 19.4. The minimum atomic E-state index is -0.102. The second kappa shape index (κ2) is 8.81. The molecule has 0 saturated heterocycles. The van der Waals surface area contributed by atoms with Crippen LogP contribution in [0.4, 0.5) is 5.69 Å². The number of nitrogens with zero attached hydrogens (tertiary/aromatic N) is 1. The summed E-state index contributed by atoms with van der Waals surface area (Å²) >= 11 is 12.3. The van der Waals surface area contributed by atoms with Crippen LogP contribution >= 0.6 is 23.2 Å². The fraction of sp³-hybridized carbons (Fsp3) is 0.400. The smallest absolute Gasteiger partial charge is 0.165 e. The molecule has 1 aliphatic rings. The van der Waals surface area contributed by atoms with Crippen molar-refractivity contribution in [3.63, 3.8) is 0 Å². The first-order chi connectivity index (χ1) is 13.0. The first kappa shape index (κ1) is 19.8. The number of hydrogen-bond donors (Lipinski definition) is 1. The van der Waals surface area contributed by atoms with E-state index in [0.29, 0.717) is 44.8 Å². The summed E-state index contributed by atoms with van der Waals surface area (Å²) in [7, 11) is 1.56. The van der Waals surface area contributed by atoms with E-state index < -0.39 is 0 Å². The van der Waals surface area contributed by atoms with Crippen LogP contribution < -0.4 is 15.2 Å². The third kappa shape index (κ3) is 4.66. The lowest BCUT2D eigenvalue weighted by molar-refractivity contribution is 0.0982. The molecule has 1 saturated carbocycles. The number of carbonyl (C=O) groups is 1. The number of rotatable bonds is 7. The van der Waals surface area contributed by atoms with Gasteiger partial charge in [0.15, 0.2) is 17.3 Å². The molecule has 0 aliphatic heterocycles. The van der Waals surface area contributed by atoms with E-state index in [9.17, 15) is 4.79 Å². The van der Waals surface area contributed by atoms with E-state index in [2.05, 4.69) is 4.98 Å². The van der Waals surface area contributed by atoms with Crippen molar-refractivity contribution in [2.75, 3.05) is 12.8 Å². The number of carbonyl (C=O) groups excluding carboxylic acids is 1. The second-order valence-corrected chi connectivity index (χ2v) is 7.43. The van der Waals surface area contributed by atoms with Crippen LogP contribution in [0.15, 0.2) is 24.5 Å². The van der Waals surface area contributed by atoms with Crippen molar-refractivity contribution in [1.29, 1.82) is 0 Å². The first-order valence-corrected chi connectivity index (χ1v) is 9.70. The van der Waals surface area contributed by atoms with E-state index in [-0.39, 0.29) is 18.3 Å². The number of nitrogens with two attached hydrogens (primary N) is 1. The van der Waals surface area contributed by atoms with E-state index in [1.165, 1.54) is 12.4 Å². The maximum atomic E-state index is 12.8. The summed E-state index contributed by atoms with van der Waals surface area (Å²) in [6.07, 6.45) is 8.14. The number of benzene rings is 1. The maximum absolute atomic E-state index is 12.8. The zero-order valence-electron chi connectivity index (χ0n) is 15.1. The highest BCUT2D eigenvalue weighted by Crippen LogP contribution is 2.36. The Hall–Kier alpha value is -1.98. The van der Waals surface area contributed by atoms with E-state index in [0.717, 1.165) is 25.7 Å². The highest BCUT2D eigenvalue weighted by atomic mass is 35.5. The molecule has 1 aliphatic carbocycles. The van der Waals surface area contributed by atoms with Gasteiger partial charge >= 0.3 is 0 Å². The Balaban J connectivity index is 1.79. The predicted octanol–water partition coefficient (Wildman–Crippen LogP) is 5.12. The molecule has 7 heteroatoms. The Morgan fingerprint density at radius 1 is 1.19 bits per heavy atom. The van der Waals surface area contributed by atoms with Gasteiger partial charge in [0.2, 0.25) is 0 Å². The molecule has 1 heterocycles. The Labute approximate surface area is 168 Å². The Morgan fingerprint density at radius 2 is 1.85 bits per heavy atom. The second-order valence-electron chi connectivity index (χ2n) is 6.62.